The van der Waals surface area contributed by atoms with E-state index in [0.717, 1.165) is 16.1 Å². The molecule has 1 saturated carbocycles. The smallest absolute Gasteiger partial charge is 0.410 e. The summed E-state index contributed by atoms with van der Waals surface area (Å²) in [6.07, 6.45) is 0.462. The number of aromatic nitrogens is 4. The number of hydrogen-bond acceptors (Lipinski definition) is 15. The summed E-state index contributed by atoms with van der Waals surface area (Å²) >= 11 is 0.981. The second kappa shape index (κ2) is 13.4. The van der Waals surface area contributed by atoms with E-state index >= 15 is 0 Å². The molecule has 3 fully saturated rings. The molecule has 45 heavy (non-hydrogen) atoms. The van der Waals surface area contributed by atoms with Crippen molar-refractivity contribution in [3.63, 3.8) is 0 Å². The van der Waals surface area contributed by atoms with Crippen LogP contribution in [0.5, 0.6) is 0 Å². The second-order valence-electron chi connectivity index (χ2n) is 10.3. The molecule has 3 aliphatic rings. The van der Waals surface area contributed by atoms with Crippen LogP contribution in [0.1, 0.15) is 44.5 Å². The second-order valence-corrected chi connectivity index (χ2v) is 12.4. The first kappa shape index (κ1) is 33.7. The highest BCUT2D eigenvalue weighted by atomic mass is 32.2. The minimum absolute atomic E-state index is 0.0200. The van der Waals surface area contributed by atoms with Crippen molar-refractivity contribution >= 4 is 56.2 Å². The van der Waals surface area contributed by atoms with Gasteiger partial charge in [0.05, 0.1) is 24.7 Å². The molecular weight excluding hydrogens is 638 g/mol. The topological polar surface area (TPSA) is 276 Å². The number of amides is 2. The van der Waals surface area contributed by atoms with E-state index in [1.54, 1.807) is 0 Å². The zero-order valence-electron chi connectivity index (χ0n) is 24.3. The molecule has 2 saturated heterocycles. The van der Waals surface area contributed by atoms with Crippen LogP contribution >= 0.6 is 11.3 Å². The zero-order valence-corrected chi connectivity index (χ0v) is 25.9. The standard InChI is InChI=1S/C22H27N9O10S2.C2H6/c23-4-11-6-29(7-11)21(36)40-9-12-5-25-30(27-12)8-15-13(18(33)31(15)43(37,38)39)3-16(32)17(14-10-42-20(24)26-14)28-41-22(1-2-22)19(34)35;1-2/h5,10-11,13,15H,1-4,6-9,23H2,(H2,24,26)(H,34,35)(H,37,38,39);1-2H3/b28-17-;/t13-,15+;/m0./s1. The van der Waals surface area contributed by atoms with Gasteiger partial charge in [-0.2, -0.15) is 23.4 Å². The van der Waals surface area contributed by atoms with Gasteiger partial charge < -0.3 is 31.0 Å². The van der Waals surface area contributed by atoms with Gasteiger partial charge in [0.2, 0.25) is 11.5 Å². The van der Waals surface area contributed by atoms with Crippen LogP contribution in [0.3, 0.4) is 0 Å². The first-order valence-corrected chi connectivity index (χ1v) is 16.1. The molecule has 19 nitrogen and oxygen atoms in total. The van der Waals surface area contributed by atoms with Gasteiger partial charge in [0, 0.05) is 43.6 Å². The van der Waals surface area contributed by atoms with Gasteiger partial charge >= 0.3 is 22.4 Å². The van der Waals surface area contributed by atoms with Crippen LogP contribution in [0.4, 0.5) is 9.93 Å². The van der Waals surface area contributed by atoms with E-state index in [2.05, 4.69) is 20.3 Å². The Hall–Kier alpha value is -4.21. The zero-order chi connectivity index (χ0) is 33.1. The van der Waals surface area contributed by atoms with Crippen LogP contribution in [0.2, 0.25) is 0 Å². The lowest BCUT2D eigenvalue weighted by Gasteiger charge is -2.43. The van der Waals surface area contributed by atoms with Gasteiger partial charge in [-0.15, -0.1) is 11.3 Å². The molecule has 2 aromatic rings. The van der Waals surface area contributed by atoms with Crippen LogP contribution in [0, 0.1) is 11.8 Å². The van der Waals surface area contributed by atoms with Gasteiger partial charge in [0.1, 0.15) is 18.0 Å². The molecule has 246 valence electrons. The first-order valence-electron chi connectivity index (χ1n) is 13.9. The normalized spacial score (nSPS) is 20.8. The molecule has 2 amide bonds. The lowest BCUT2D eigenvalue weighted by molar-refractivity contribution is -0.153. The highest BCUT2D eigenvalue weighted by molar-refractivity contribution is 7.84. The van der Waals surface area contributed by atoms with Gasteiger partial charge in [-0.3, -0.25) is 14.1 Å². The number of β-lactam (4-membered cyclic amide) rings is 1. The summed E-state index contributed by atoms with van der Waals surface area (Å²) in [5.74, 6) is -4.18. The largest absolute Gasteiger partial charge is 0.478 e. The average Bonchev–Trinajstić information content (AvgIpc) is 3.43. The van der Waals surface area contributed by atoms with Crippen molar-refractivity contribution < 1.29 is 46.8 Å². The van der Waals surface area contributed by atoms with E-state index in [9.17, 15) is 37.3 Å². The third-order valence-electron chi connectivity index (χ3n) is 7.21. The number of carbonyl (C=O) groups excluding carboxylic acids is 3. The Morgan fingerprint density at radius 1 is 1.24 bits per heavy atom. The van der Waals surface area contributed by atoms with Crippen molar-refractivity contribution in [2.45, 2.75) is 57.9 Å². The Labute approximate surface area is 261 Å². The van der Waals surface area contributed by atoms with Gasteiger partial charge in [-0.1, -0.05) is 19.0 Å². The molecule has 21 heteroatoms. The summed E-state index contributed by atoms with van der Waals surface area (Å²) in [6, 6.07) is -1.28. The van der Waals surface area contributed by atoms with E-state index in [1.165, 1.54) is 16.5 Å². The van der Waals surface area contributed by atoms with Crippen molar-refractivity contribution in [2.24, 2.45) is 22.7 Å². The SMILES string of the molecule is CC.NCC1CN(C(=O)OCc2cnn(C[C@@H]3[C@H](CC(=O)/C(=N\OC4(C(=O)O)CC4)c4csc(N)n4)C(=O)N3S(=O)(=O)O)n2)C1. The number of ether oxygens (including phenoxy) is 1. The van der Waals surface area contributed by atoms with Crippen LogP contribution in [-0.2, 0) is 47.4 Å². The van der Waals surface area contributed by atoms with Crippen LogP contribution in [0.25, 0.3) is 0 Å². The van der Waals surface area contributed by atoms with Crippen LogP contribution in [0.15, 0.2) is 16.7 Å². The maximum atomic E-state index is 13.3. The monoisotopic (exact) mass is 671 g/mol. The summed E-state index contributed by atoms with van der Waals surface area (Å²) in [7, 11) is -5.01. The molecule has 0 spiro atoms. The Bertz CT molecular complexity index is 1580. The number of ketones is 1. The predicted octanol–water partition coefficient (Wildman–Crippen LogP) is -0.503. The molecule has 6 N–H and O–H groups in total. The van der Waals surface area contributed by atoms with Gasteiger partial charge in [0.15, 0.2) is 16.6 Å². The van der Waals surface area contributed by atoms with E-state index in [-0.39, 0.29) is 52.7 Å². The number of thiazole rings is 1. The molecule has 0 aromatic carbocycles. The number of likely N-dealkylation sites (tertiary alicyclic amines) is 1. The number of Topliss-reactive ketones (excluding diaryl/α,β-unsaturated/α-hetero) is 1. The minimum atomic E-state index is -5.01. The first-order chi connectivity index (χ1) is 21.3. The van der Waals surface area contributed by atoms with Gasteiger partial charge in [-0.05, 0) is 6.54 Å². The number of hydrogen-bond donors (Lipinski definition) is 4. The minimum Gasteiger partial charge on any atom is -0.478 e. The Balaban J connectivity index is 0.00000226. The van der Waals surface area contributed by atoms with Crippen molar-refractivity contribution in [2.75, 3.05) is 25.4 Å². The average molecular weight is 672 g/mol. The third kappa shape index (κ3) is 7.37. The molecule has 2 atom stereocenters. The molecule has 0 radical (unpaired) electrons. The lowest BCUT2D eigenvalue weighted by Crippen LogP contribution is -2.64. The molecule has 5 rings (SSSR count). The summed E-state index contributed by atoms with van der Waals surface area (Å²) in [4.78, 5) is 61.4. The number of carboxylic acids is 1. The number of oxime groups is 1. The Morgan fingerprint density at radius 3 is 2.49 bits per heavy atom. The number of nitrogens with two attached hydrogens (primary N) is 2. The van der Waals surface area contributed by atoms with Crippen molar-refractivity contribution in [3.8, 4) is 0 Å². The number of nitrogen functional groups attached to an aromatic ring is 1. The summed E-state index contributed by atoms with van der Waals surface area (Å²) in [5, 5.41) is 22.7. The van der Waals surface area contributed by atoms with Crippen LogP contribution < -0.4 is 11.5 Å². The molecule has 1 aliphatic carbocycles. The third-order valence-corrected chi connectivity index (χ3v) is 8.84. The molecule has 4 heterocycles. The summed E-state index contributed by atoms with van der Waals surface area (Å²) in [5.41, 5.74) is 9.44. The summed E-state index contributed by atoms with van der Waals surface area (Å²) in [6.45, 7) is 4.85. The van der Waals surface area contributed by atoms with Crippen molar-refractivity contribution in [3.05, 3.63) is 23.0 Å². The van der Waals surface area contributed by atoms with Crippen molar-refractivity contribution in [1.29, 1.82) is 0 Å². The van der Waals surface area contributed by atoms with E-state index in [1.807, 2.05) is 13.8 Å². The number of anilines is 1. The quantitative estimate of drug-likeness (QED) is 0.0904. The van der Waals surface area contributed by atoms with E-state index in [0.29, 0.717) is 19.6 Å². The van der Waals surface area contributed by atoms with Gasteiger partial charge in [0.25, 0.3) is 0 Å². The fourth-order valence-corrected chi connectivity index (χ4v) is 6.02. The van der Waals surface area contributed by atoms with E-state index in [4.69, 9.17) is 21.0 Å². The maximum Gasteiger partial charge on any atom is 0.410 e. The number of rotatable bonds is 13. The fraction of sp³-hybridized carbons (Fsp3) is 0.583. The molecule has 2 aromatic heterocycles. The van der Waals surface area contributed by atoms with Crippen molar-refractivity contribution in [1.82, 2.24) is 29.2 Å². The summed E-state index contributed by atoms with van der Waals surface area (Å²) < 4.78 is 39.0. The highest BCUT2D eigenvalue weighted by Crippen LogP contribution is 2.40. The Kier molecular flexibility index (Phi) is 10.0. The van der Waals surface area contributed by atoms with E-state index < -0.39 is 63.8 Å². The van der Waals surface area contributed by atoms with Crippen LogP contribution in [-0.4, -0.2) is 108 Å². The molecular formula is C24H33N9O10S2. The molecule has 0 unspecified atom stereocenters. The predicted molar refractivity (Wildman–Crippen MR) is 155 cm³/mol. The highest BCUT2D eigenvalue weighted by Gasteiger charge is 2.56. The van der Waals surface area contributed by atoms with Gasteiger partial charge in [-0.25, -0.2) is 18.9 Å². The fourth-order valence-electron chi connectivity index (χ4n) is 4.56. The number of carbonyl (C=O) groups is 4. The molecule has 2 aliphatic heterocycles. The number of nitrogens with zero attached hydrogens (tertiary/aromatic N) is 7. The molecule has 0 bridgehead atoms. The number of carboxylic acid groups (broad SMARTS) is 1. The number of aliphatic carboxylic acids is 1. The maximum absolute atomic E-state index is 13.3. The lowest BCUT2D eigenvalue weighted by atomic mass is 9.84. The Morgan fingerprint density at radius 2 is 1.93 bits per heavy atom.